The van der Waals surface area contributed by atoms with Gasteiger partial charge in [-0.1, -0.05) is 19.1 Å². The summed E-state index contributed by atoms with van der Waals surface area (Å²) in [6.45, 7) is 3.33. The number of halogens is 2. The van der Waals surface area contributed by atoms with E-state index in [2.05, 4.69) is 5.32 Å². The molecule has 1 aliphatic rings. The molecule has 1 aromatic carbocycles. The van der Waals surface area contributed by atoms with Crippen molar-refractivity contribution in [3.63, 3.8) is 0 Å². The van der Waals surface area contributed by atoms with Crippen molar-refractivity contribution in [3.05, 3.63) is 35.4 Å². The van der Waals surface area contributed by atoms with Crippen LogP contribution in [0.2, 0.25) is 0 Å². The monoisotopic (exact) mass is 241 g/mol. The molecule has 17 heavy (non-hydrogen) atoms. The highest BCUT2D eigenvalue weighted by molar-refractivity contribution is 5.21. The van der Waals surface area contributed by atoms with E-state index in [1.54, 1.807) is 0 Å². The van der Waals surface area contributed by atoms with E-state index >= 15 is 0 Å². The molecule has 1 aromatic rings. The quantitative estimate of drug-likeness (QED) is 0.828. The van der Waals surface area contributed by atoms with Gasteiger partial charge in [0, 0.05) is 13.0 Å². The van der Waals surface area contributed by atoms with Crippen LogP contribution >= 0.6 is 0 Å². The van der Waals surface area contributed by atoms with Gasteiger partial charge in [-0.25, -0.2) is 8.78 Å². The van der Waals surface area contributed by atoms with Gasteiger partial charge in [-0.3, -0.25) is 0 Å². The number of nitrogens with one attached hydrogen (secondary N) is 1. The van der Waals surface area contributed by atoms with Crippen LogP contribution in [0, 0.1) is 17.6 Å². The molecule has 0 radical (unpaired) electrons. The second-order valence-corrected chi connectivity index (χ2v) is 4.85. The van der Waals surface area contributed by atoms with Crippen molar-refractivity contribution in [2.45, 2.75) is 25.4 Å². The van der Waals surface area contributed by atoms with Crippen molar-refractivity contribution in [1.29, 1.82) is 0 Å². The van der Waals surface area contributed by atoms with Crippen LogP contribution in [0.25, 0.3) is 0 Å². The van der Waals surface area contributed by atoms with Crippen LogP contribution in [0.5, 0.6) is 0 Å². The molecule has 2 unspecified atom stereocenters. The van der Waals surface area contributed by atoms with E-state index in [9.17, 15) is 13.9 Å². The molecule has 1 saturated heterocycles. The molecule has 1 fully saturated rings. The highest BCUT2D eigenvalue weighted by atomic mass is 19.2. The third-order valence-electron chi connectivity index (χ3n) is 3.63. The Labute approximate surface area is 99.7 Å². The molecule has 4 heteroatoms. The molecule has 2 atom stereocenters. The van der Waals surface area contributed by atoms with E-state index in [-0.39, 0.29) is 17.9 Å². The van der Waals surface area contributed by atoms with Crippen LogP contribution in [0.15, 0.2) is 18.2 Å². The highest BCUT2D eigenvalue weighted by Gasteiger charge is 2.36. The first-order valence-electron chi connectivity index (χ1n) is 5.89. The van der Waals surface area contributed by atoms with Gasteiger partial charge < -0.3 is 10.4 Å². The van der Waals surface area contributed by atoms with E-state index in [0.29, 0.717) is 19.5 Å². The minimum absolute atomic E-state index is 0.0268. The third kappa shape index (κ3) is 2.48. The molecule has 0 amide bonds. The lowest BCUT2D eigenvalue weighted by atomic mass is 9.78. The first-order chi connectivity index (χ1) is 8.03. The Morgan fingerprint density at radius 2 is 2.24 bits per heavy atom. The van der Waals surface area contributed by atoms with Gasteiger partial charge in [-0.05, 0) is 30.5 Å². The van der Waals surface area contributed by atoms with E-state index < -0.39 is 17.2 Å². The predicted molar refractivity (Wildman–Crippen MR) is 61.7 cm³/mol. The molecule has 0 aromatic heterocycles. The lowest BCUT2D eigenvalue weighted by Gasteiger charge is -2.38. The fraction of sp³-hybridized carbons (Fsp3) is 0.538. The average Bonchev–Trinajstić information content (AvgIpc) is 2.29. The first kappa shape index (κ1) is 12.5. The van der Waals surface area contributed by atoms with Crippen LogP contribution in [0.3, 0.4) is 0 Å². The van der Waals surface area contributed by atoms with Crippen molar-refractivity contribution < 1.29 is 13.9 Å². The van der Waals surface area contributed by atoms with Gasteiger partial charge in [0.25, 0.3) is 0 Å². The zero-order valence-corrected chi connectivity index (χ0v) is 9.84. The number of aliphatic hydroxyl groups is 1. The van der Waals surface area contributed by atoms with Gasteiger partial charge in [0.15, 0.2) is 11.6 Å². The number of hydrogen-bond donors (Lipinski definition) is 2. The van der Waals surface area contributed by atoms with Gasteiger partial charge in [-0.2, -0.15) is 0 Å². The molecular weight excluding hydrogens is 224 g/mol. The molecule has 1 aliphatic heterocycles. The summed E-state index contributed by atoms with van der Waals surface area (Å²) in [5.41, 5.74) is -0.693. The molecule has 1 heterocycles. The molecular formula is C13H17F2NO. The summed E-state index contributed by atoms with van der Waals surface area (Å²) >= 11 is 0. The van der Waals surface area contributed by atoms with Crippen molar-refractivity contribution >= 4 is 0 Å². The molecule has 2 rings (SSSR count). The summed E-state index contributed by atoms with van der Waals surface area (Å²) in [7, 11) is 0. The fourth-order valence-corrected chi connectivity index (χ4v) is 2.34. The van der Waals surface area contributed by atoms with Crippen molar-refractivity contribution in [2.24, 2.45) is 5.92 Å². The summed E-state index contributed by atoms with van der Waals surface area (Å²) in [5.74, 6) is -1.67. The highest BCUT2D eigenvalue weighted by Crippen LogP contribution is 2.29. The maximum absolute atomic E-state index is 13.6. The van der Waals surface area contributed by atoms with Gasteiger partial charge in [-0.15, -0.1) is 0 Å². The predicted octanol–water partition coefficient (Wildman–Crippen LogP) is 1.87. The second-order valence-electron chi connectivity index (χ2n) is 4.85. The van der Waals surface area contributed by atoms with Gasteiger partial charge in [0.1, 0.15) is 0 Å². The van der Waals surface area contributed by atoms with Crippen molar-refractivity contribution in [2.75, 3.05) is 13.1 Å². The Hall–Kier alpha value is -1.00. The van der Waals surface area contributed by atoms with Crippen LogP contribution in [-0.4, -0.2) is 23.8 Å². The molecule has 2 nitrogen and oxygen atoms in total. The normalized spacial score (nSPS) is 29.3. The average molecular weight is 241 g/mol. The molecule has 2 N–H and O–H groups in total. The lowest BCUT2D eigenvalue weighted by molar-refractivity contribution is -0.0336. The van der Waals surface area contributed by atoms with Crippen LogP contribution in [0.4, 0.5) is 8.78 Å². The minimum Gasteiger partial charge on any atom is -0.389 e. The second kappa shape index (κ2) is 4.70. The Bertz CT molecular complexity index is 410. The van der Waals surface area contributed by atoms with E-state index in [4.69, 9.17) is 0 Å². The lowest BCUT2D eigenvalue weighted by Crippen LogP contribution is -2.50. The molecule has 0 spiro atoms. The van der Waals surface area contributed by atoms with E-state index in [1.807, 2.05) is 6.92 Å². The summed E-state index contributed by atoms with van der Waals surface area (Å²) < 4.78 is 26.6. The number of rotatable bonds is 2. The topological polar surface area (TPSA) is 32.3 Å². The third-order valence-corrected chi connectivity index (χ3v) is 3.63. The maximum Gasteiger partial charge on any atom is 0.162 e. The summed E-state index contributed by atoms with van der Waals surface area (Å²) in [6.07, 6.45) is 0.726. The number of piperidine rings is 1. The fourth-order valence-electron chi connectivity index (χ4n) is 2.34. The molecule has 0 bridgehead atoms. The van der Waals surface area contributed by atoms with E-state index in [1.165, 1.54) is 12.1 Å². The summed E-state index contributed by atoms with van der Waals surface area (Å²) in [5, 5.41) is 13.7. The number of benzene rings is 1. The van der Waals surface area contributed by atoms with Gasteiger partial charge in [0.2, 0.25) is 0 Å². The molecule has 0 aliphatic carbocycles. The smallest absolute Gasteiger partial charge is 0.162 e. The van der Waals surface area contributed by atoms with Crippen LogP contribution in [-0.2, 0) is 6.42 Å². The Balaban J connectivity index is 2.22. The Morgan fingerprint density at radius 1 is 1.47 bits per heavy atom. The van der Waals surface area contributed by atoms with Crippen molar-refractivity contribution in [3.8, 4) is 0 Å². The Morgan fingerprint density at radius 3 is 2.94 bits per heavy atom. The zero-order valence-electron chi connectivity index (χ0n) is 9.84. The van der Waals surface area contributed by atoms with Crippen LogP contribution < -0.4 is 5.32 Å². The number of hydrogen-bond acceptors (Lipinski definition) is 2. The van der Waals surface area contributed by atoms with Gasteiger partial charge in [0.05, 0.1) is 5.60 Å². The SMILES string of the molecule is CC1CNCCC1(O)Cc1cccc(F)c1F. The standard InChI is InChI=1S/C13H17F2NO/c1-9-8-16-6-5-13(9,17)7-10-3-2-4-11(14)12(10)15/h2-4,9,16-17H,5-8H2,1H3. The zero-order chi connectivity index (χ0) is 12.5. The maximum atomic E-state index is 13.6. The van der Waals surface area contributed by atoms with Crippen molar-refractivity contribution in [1.82, 2.24) is 5.32 Å². The summed E-state index contributed by atoms with van der Waals surface area (Å²) in [6, 6.07) is 4.10. The summed E-state index contributed by atoms with van der Waals surface area (Å²) in [4.78, 5) is 0. The largest absolute Gasteiger partial charge is 0.389 e. The first-order valence-corrected chi connectivity index (χ1v) is 5.89. The Kier molecular flexibility index (Phi) is 3.45. The minimum atomic E-state index is -0.945. The van der Waals surface area contributed by atoms with Crippen LogP contribution in [0.1, 0.15) is 18.9 Å². The van der Waals surface area contributed by atoms with E-state index in [0.717, 1.165) is 6.07 Å². The van der Waals surface area contributed by atoms with Gasteiger partial charge >= 0.3 is 0 Å². The molecule has 94 valence electrons. The molecule has 0 saturated carbocycles.